The number of carbonyl (C=O) groups is 2. The summed E-state index contributed by atoms with van der Waals surface area (Å²) in [6.07, 6.45) is 0.102. The van der Waals surface area contributed by atoms with E-state index in [1.807, 2.05) is 24.3 Å². The molecular formula is C13H11BrN2O3S. The minimum Gasteiger partial charge on any atom is -0.481 e. The highest BCUT2D eigenvalue weighted by Gasteiger charge is 2.09. The molecule has 0 unspecified atom stereocenters. The quantitative estimate of drug-likeness (QED) is 0.864. The lowest BCUT2D eigenvalue weighted by Crippen LogP contribution is -2.14. The number of carboxylic acids is 1. The van der Waals surface area contributed by atoms with E-state index in [1.54, 1.807) is 5.38 Å². The van der Waals surface area contributed by atoms with Gasteiger partial charge in [-0.15, -0.1) is 11.3 Å². The number of nitrogens with zero attached hydrogens (tertiary/aromatic N) is 1. The van der Waals surface area contributed by atoms with Crippen molar-refractivity contribution in [2.45, 2.75) is 12.8 Å². The first-order valence-corrected chi connectivity index (χ1v) is 7.40. The number of benzene rings is 1. The summed E-state index contributed by atoms with van der Waals surface area (Å²) >= 11 is 4.57. The van der Waals surface area contributed by atoms with Gasteiger partial charge in [0.15, 0.2) is 5.13 Å². The molecule has 0 bridgehead atoms. The van der Waals surface area contributed by atoms with E-state index in [2.05, 4.69) is 26.2 Å². The maximum atomic E-state index is 11.8. The second kappa shape index (κ2) is 6.62. The van der Waals surface area contributed by atoms with Crippen molar-refractivity contribution in [1.29, 1.82) is 0 Å². The molecule has 0 atom stereocenters. The van der Waals surface area contributed by atoms with Gasteiger partial charge in [-0.3, -0.25) is 9.59 Å². The third-order valence-electron chi connectivity index (χ3n) is 2.38. The van der Waals surface area contributed by atoms with Gasteiger partial charge in [0.2, 0.25) is 5.91 Å². The van der Waals surface area contributed by atoms with Crippen LogP contribution in [0.3, 0.4) is 0 Å². The van der Waals surface area contributed by atoms with Crippen LogP contribution in [-0.2, 0) is 22.4 Å². The van der Waals surface area contributed by atoms with Gasteiger partial charge in [-0.25, -0.2) is 4.98 Å². The van der Waals surface area contributed by atoms with E-state index >= 15 is 0 Å². The number of nitrogens with one attached hydrogen (secondary N) is 1. The summed E-state index contributed by atoms with van der Waals surface area (Å²) in [6.45, 7) is 0. The lowest BCUT2D eigenvalue weighted by atomic mass is 10.1. The third-order valence-corrected chi connectivity index (χ3v) is 3.68. The van der Waals surface area contributed by atoms with Crippen LogP contribution in [0.15, 0.2) is 34.1 Å². The molecule has 0 aliphatic heterocycles. The average Bonchev–Trinajstić information content (AvgIpc) is 2.75. The summed E-state index contributed by atoms with van der Waals surface area (Å²) in [5.74, 6) is -1.12. The molecule has 1 aromatic carbocycles. The number of aliphatic carboxylic acids is 1. The van der Waals surface area contributed by atoms with Crippen LogP contribution in [0.1, 0.15) is 11.3 Å². The zero-order valence-corrected chi connectivity index (χ0v) is 12.7. The van der Waals surface area contributed by atoms with Crippen molar-refractivity contribution in [2.24, 2.45) is 0 Å². The van der Waals surface area contributed by atoms with E-state index in [1.165, 1.54) is 11.3 Å². The molecule has 5 nitrogen and oxygen atoms in total. The van der Waals surface area contributed by atoms with Crippen molar-refractivity contribution in [3.8, 4) is 0 Å². The number of rotatable bonds is 5. The summed E-state index contributed by atoms with van der Waals surface area (Å²) < 4.78 is 0.917. The summed E-state index contributed by atoms with van der Waals surface area (Å²) in [7, 11) is 0. The second-order valence-electron chi connectivity index (χ2n) is 4.07. The van der Waals surface area contributed by atoms with Gasteiger partial charge in [-0.2, -0.15) is 0 Å². The molecule has 7 heteroatoms. The molecule has 0 radical (unpaired) electrons. The number of anilines is 1. The zero-order valence-electron chi connectivity index (χ0n) is 10.3. The largest absolute Gasteiger partial charge is 0.481 e. The van der Waals surface area contributed by atoms with Gasteiger partial charge in [0, 0.05) is 9.85 Å². The third kappa shape index (κ3) is 4.43. The molecular weight excluding hydrogens is 344 g/mol. The van der Waals surface area contributed by atoms with E-state index in [0.29, 0.717) is 10.8 Å². The first kappa shape index (κ1) is 14.7. The van der Waals surface area contributed by atoms with Crippen LogP contribution in [0.5, 0.6) is 0 Å². The number of halogens is 1. The highest BCUT2D eigenvalue weighted by molar-refractivity contribution is 9.10. The minimum absolute atomic E-state index is 0.141. The van der Waals surface area contributed by atoms with E-state index in [4.69, 9.17) is 5.11 Å². The van der Waals surface area contributed by atoms with Crippen LogP contribution in [0.25, 0.3) is 0 Å². The monoisotopic (exact) mass is 354 g/mol. The van der Waals surface area contributed by atoms with Crippen molar-refractivity contribution in [3.63, 3.8) is 0 Å². The van der Waals surface area contributed by atoms with Crippen molar-refractivity contribution < 1.29 is 14.7 Å². The molecule has 0 aliphatic carbocycles. The van der Waals surface area contributed by atoms with Gasteiger partial charge >= 0.3 is 5.97 Å². The number of carbonyl (C=O) groups excluding carboxylic acids is 1. The van der Waals surface area contributed by atoms with Gasteiger partial charge in [0.1, 0.15) is 0 Å². The highest BCUT2D eigenvalue weighted by atomic mass is 79.9. The normalized spacial score (nSPS) is 10.2. The Labute approximate surface area is 127 Å². The predicted octanol–water partition coefficient (Wildman–Crippen LogP) is 2.71. The number of aromatic nitrogens is 1. The Bertz CT molecular complexity index is 642. The van der Waals surface area contributed by atoms with E-state index in [9.17, 15) is 9.59 Å². The summed E-state index contributed by atoms with van der Waals surface area (Å²) in [6, 6.07) is 7.49. The molecule has 1 heterocycles. The Balaban J connectivity index is 1.94. The summed E-state index contributed by atoms with van der Waals surface area (Å²) in [5.41, 5.74) is 1.33. The summed E-state index contributed by atoms with van der Waals surface area (Å²) in [5, 5.41) is 13.4. The molecule has 104 valence electrons. The second-order valence-corrected chi connectivity index (χ2v) is 5.84. The van der Waals surface area contributed by atoms with Crippen molar-refractivity contribution in [1.82, 2.24) is 4.98 Å². The molecule has 0 aliphatic rings. The van der Waals surface area contributed by atoms with Gasteiger partial charge in [0.05, 0.1) is 18.5 Å². The Hall–Kier alpha value is -1.73. The standard InChI is InChI=1S/C13H11BrN2O3S/c14-9-3-1-2-8(4-9)5-11(17)16-13-15-10(7-20-13)6-12(18)19/h1-4,7H,5-6H2,(H,18,19)(H,15,16,17). The molecule has 0 spiro atoms. The molecule has 2 rings (SSSR count). The summed E-state index contributed by atoms with van der Waals surface area (Å²) in [4.78, 5) is 26.4. The van der Waals surface area contributed by atoms with Crippen LogP contribution in [0.4, 0.5) is 5.13 Å². The first-order valence-electron chi connectivity index (χ1n) is 5.73. The Morgan fingerprint density at radius 3 is 2.85 bits per heavy atom. The number of thiazole rings is 1. The highest BCUT2D eigenvalue weighted by Crippen LogP contribution is 2.17. The predicted molar refractivity (Wildman–Crippen MR) is 79.9 cm³/mol. The fourth-order valence-electron chi connectivity index (χ4n) is 1.60. The smallest absolute Gasteiger partial charge is 0.309 e. The Morgan fingerprint density at radius 1 is 1.35 bits per heavy atom. The lowest BCUT2D eigenvalue weighted by molar-refractivity contribution is -0.136. The molecule has 0 saturated heterocycles. The van der Waals surface area contributed by atoms with E-state index in [-0.39, 0.29) is 18.7 Å². The minimum atomic E-state index is -0.942. The zero-order chi connectivity index (χ0) is 14.5. The van der Waals surface area contributed by atoms with Crippen LogP contribution in [-0.4, -0.2) is 22.0 Å². The molecule has 20 heavy (non-hydrogen) atoms. The SMILES string of the molecule is O=C(O)Cc1csc(NC(=O)Cc2cccc(Br)c2)n1. The van der Waals surface area contributed by atoms with Crippen LogP contribution < -0.4 is 5.32 Å². The fourth-order valence-corrected chi connectivity index (χ4v) is 2.77. The molecule has 1 amide bonds. The maximum Gasteiger partial charge on any atom is 0.309 e. The van der Waals surface area contributed by atoms with Crippen molar-refractivity contribution in [3.05, 3.63) is 45.4 Å². The Morgan fingerprint density at radius 2 is 2.15 bits per heavy atom. The van der Waals surface area contributed by atoms with Crippen LogP contribution in [0, 0.1) is 0 Å². The van der Waals surface area contributed by atoms with E-state index in [0.717, 1.165) is 10.0 Å². The fraction of sp³-hybridized carbons (Fsp3) is 0.154. The number of amides is 1. The molecule has 2 aromatic rings. The maximum absolute atomic E-state index is 11.8. The van der Waals surface area contributed by atoms with Gasteiger partial charge in [0.25, 0.3) is 0 Å². The average molecular weight is 355 g/mol. The topological polar surface area (TPSA) is 79.3 Å². The van der Waals surface area contributed by atoms with Gasteiger partial charge < -0.3 is 10.4 Å². The first-order chi connectivity index (χ1) is 9.52. The van der Waals surface area contributed by atoms with Crippen molar-refractivity contribution >= 4 is 44.3 Å². The molecule has 0 saturated carbocycles. The van der Waals surface area contributed by atoms with Crippen LogP contribution >= 0.6 is 27.3 Å². The Kier molecular flexibility index (Phi) is 4.86. The van der Waals surface area contributed by atoms with Gasteiger partial charge in [-0.1, -0.05) is 28.1 Å². The van der Waals surface area contributed by atoms with Gasteiger partial charge in [-0.05, 0) is 17.7 Å². The molecule has 2 N–H and O–H groups in total. The number of carboxylic acid groups (broad SMARTS) is 1. The lowest BCUT2D eigenvalue weighted by Gasteiger charge is -2.02. The van der Waals surface area contributed by atoms with Crippen molar-refractivity contribution in [2.75, 3.05) is 5.32 Å². The number of hydrogen-bond donors (Lipinski definition) is 2. The molecule has 0 fully saturated rings. The molecule has 1 aromatic heterocycles. The van der Waals surface area contributed by atoms with E-state index < -0.39 is 5.97 Å². The van der Waals surface area contributed by atoms with Crippen LogP contribution in [0.2, 0.25) is 0 Å². The number of hydrogen-bond acceptors (Lipinski definition) is 4.